The van der Waals surface area contributed by atoms with Crippen LogP contribution in [0.1, 0.15) is 134 Å². The standard InChI is InChI=1S/C34H56O3/c1-3-4-5-6-7-8-9-10-11-14-17-23-28-33(37-31-32-26-21-20-22-27-32)29-24-18-15-12-13-16-19-25-30-34(35)36-2/h20-24,26-29,33H,3-19,25,30-31H2,1-2H3/b28-23-,29-24-/t33-/m1/s1. The Morgan fingerprint density at radius 3 is 1.70 bits per heavy atom. The molecule has 0 heterocycles. The maximum atomic E-state index is 11.1. The maximum absolute atomic E-state index is 11.1. The summed E-state index contributed by atoms with van der Waals surface area (Å²) in [7, 11) is 1.46. The number of hydrogen-bond donors (Lipinski definition) is 0. The van der Waals surface area contributed by atoms with Crippen LogP contribution < -0.4 is 0 Å². The Bertz CT molecular complexity index is 680. The molecule has 0 unspecified atom stereocenters. The third-order valence-corrected chi connectivity index (χ3v) is 6.89. The zero-order valence-electron chi connectivity index (χ0n) is 24.1. The maximum Gasteiger partial charge on any atom is 0.305 e. The molecule has 1 aromatic rings. The van der Waals surface area contributed by atoms with Gasteiger partial charge < -0.3 is 9.47 Å². The molecule has 0 aromatic heterocycles. The molecule has 210 valence electrons. The van der Waals surface area contributed by atoms with Gasteiger partial charge in [-0.25, -0.2) is 0 Å². The highest BCUT2D eigenvalue weighted by molar-refractivity contribution is 5.68. The number of methoxy groups -OCH3 is 1. The SMILES string of the molecule is CCCCCCCCCCCC/C=C\[C@H](/C=C\CCCCCCCCC(=O)OC)OCc1ccccc1. The van der Waals surface area contributed by atoms with Gasteiger partial charge in [0.25, 0.3) is 0 Å². The minimum atomic E-state index is -0.0910. The summed E-state index contributed by atoms with van der Waals surface area (Å²) in [6.07, 6.45) is 32.7. The van der Waals surface area contributed by atoms with Crippen molar-refractivity contribution in [2.75, 3.05) is 7.11 Å². The van der Waals surface area contributed by atoms with Gasteiger partial charge in [0.1, 0.15) is 0 Å². The van der Waals surface area contributed by atoms with Gasteiger partial charge in [-0.3, -0.25) is 4.79 Å². The van der Waals surface area contributed by atoms with Gasteiger partial charge in [-0.2, -0.15) is 0 Å². The Morgan fingerprint density at radius 2 is 1.19 bits per heavy atom. The predicted octanol–water partition coefficient (Wildman–Crippen LogP) is 10.3. The molecule has 0 aliphatic heterocycles. The number of carbonyl (C=O) groups excluding carboxylic acids is 1. The molecule has 0 saturated heterocycles. The molecule has 0 radical (unpaired) electrons. The van der Waals surface area contributed by atoms with E-state index in [1.165, 1.54) is 103 Å². The van der Waals surface area contributed by atoms with Crippen LogP contribution in [0.5, 0.6) is 0 Å². The van der Waals surface area contributed by atoms with Gasteiger partial charge in [-0.15, -0.1) is 0 Å². The molecule has 3 heteroatoms. The van der Waals surface area contributed by atoms with Crippen LogP contribution in [0.4, 0.5) is 0 Å². The average Bonchev–Trinajstić information content (AvgIpc) is 2.93. The average molecular weight is 513 g/mol. The summed E-state index contributed by atoms with van der Waals surface area (Å²) in [5.74, 6) is -0.0910. The number of rotatable bonds is 25. The summed E-state index contributed by atoms with van der Waals surface area (Å²) in [5.41, 5.74) is 1.22. The van der Waals surface area contributed by atoms with Crippen LogP contribution in [0.25, 0.3) is 0 Å². The first-order chi connectivity index (χ1) is 18.3. The summed E-state index contributed by atoms with van der Waals surface area (Å²) >= 11 is 0. The van der Waals surface area contributed by atoms with E-state index < -0.39 is 0 Å². The Kier molecular flexibility index (Phi) is 23.1. The van der Waals surface area contributed by atoms with Crippen molar-refractivity contribution in [3.8, 4) is 0 Å². The van der Waals surface area contributed by atoms with Crippen LogP contribution >= 0.6 is 0 Å². The monoisotopic (exact) mass is 512 g/mol. The third kappa shape index (κ3) is 21.9. The van der Waals surface area contributed by atoms with Crippen molar-refractivity contribution in [2.24, 2.45) is 0 Å². The lowest BCUT2D eigenvalue weighted by Gasteiger charge is -2.11. The van der Waals surface area contributed by atoms with E-state index in [1.807, 2.05) is 6.07 Å². The van der Waals surface area contributed by atoms with Crippen molar-refractivity contribution in [1.29, 1.82) is 0 Å². The van der Waals surface area contributed by atoms with E-state index in [0.717, 1.165) is 25.7 Å². The Morgan fingerprint density at radius 1 is 0.703 bits per heavy atom. The van der Waals surface area contributed by atoms with Crippen molar-refractivity contribution in [3.05, 3.63) is 60.2 Å². The molecule has 37 heavy (non-hydrogen) atoms. The zero-order chi connectivity index (χ0) is 26.7. The normalized spacial score (nSPS) is 12.5. The fraction of sp³-hybridized carbons (Fsp3) is 0.676. The second kappa shape index (κ2) is 25.8. The van der Waals surface area contributed by atoms with Crippen molar-refractivity contribution in [2.45, 2.75) is 142 Å². The van der Waals surface area contributed by atoms with Gasteiger partial charge in [0.2, 0.25) is 0 Å². The van der Waals surface area contributed by atoms with Crippen LogP contribution in [-0.4, -0.2) is 19.2 Å². The highest BCUT2D eigenvalue weighted by Gasteiger charge is 2.02. The van der Waals surface area contributed by atoms with Crippen LogP contribution in [0, 0.1) is 0 Å². The summed E-state index contributed by atoms with van der Waals surface area (Å²) in [6.45, 7) is 2.93. The topological polar surface area (TPSA) is 35.5 Å². The molecule has 0 saturated carbocycles. The van der Waals surface area contributed by atoms with E-state index >= 15 is 0 Å². The Labute approximate surface area is 229 Å². The quantitative estimate of drug-likeness (QED) is 0.0742. The molecule has 1 atom stereocenters. The first-order valence-corrected chi connectivity index (χ1v) is 15.3. The number of allylic oxidation sites excluding steroid dienone is 2. The van der Waals surface area contributed by atoms with Gasteiger partial charge in [0.15, 0.2) is 0 Å². The van der Waals surface area contributed by atoms with E-state index in [2.05, 4.69) is 60.2 Å². The van der Waals surface area contributed by atoms with E-state index in [1.54, 1.807) is 0 Å². The molecule has 0 spiro atoms. The van der Waals surface area contributed by atoms with E-state index in [-0.39, 0.29) is 12.1 Å². The molecular weight excluding hydrogens is 456 g/mol. The molecule has 3 nitrogen and oxygen atoms in total. The molecule has 0 aliphatic carbocycles. The van der Waals surface area contributed by atoms with E-state index in [4.69, 9.17) is 4.74 Å². The van der Waals surface area contributed by atoms with Crippen molar-refractivity contribution < 1.29 is 14.3 Å². The number of esters is 1. The molecule has 0 N–H and O–H groups in total. The molecule has 0 amide bonds. The van der Waals surface area contributed by atoms with Crippen LogP contribution in [-0.2, 0) is 20.9 Å². The van der Waals surface area contributed by atoms with Gasteiger partial charge >= 0.3 is 5.97 Å². The summed E-state index contributed by atoms with van der Waals surface area (Å²) in [4.78, 5) is 11.1. The lowest BCUT2D eigenvalue weighted by atomic mass is 10.1. The minimum Gasteiger partial charge on any atom is -0.469 e. The van der Waals surface area contributed by atoms with E-state index in [9.17, 15) is 4.79 Å². The molecule has 1 aromatic carbocycles. The number of carbonyl (C=O) groups is 1. The minimum absolute atomic E-state index is 0.0432. The summed E-state index contributed by atoms with van der Waals surface area (Å²) in [5, 5.41) is 0. The summed E-state index contributed by atoms with van der Waals surface area (Å²) in [6, 6.07) is 10.4. The highest BCUT2D eigenvalue weighted by atomic mass is 16.5. The van der Waals surface area contributed by atoms with Gasteiger partial charge in [0.05, 0.1) is 19.8 Å². The smallest absolute Gasteiger partial charge is 0.305 e. The van der Waals surface area contributed by atoms with Crippen LogP contribution in [0.15, 0.2) is 54.6 Å². The fourth-order valence-electron chi connectivity index (χ4n) is 4.49. The molecule has 0 aliphatic rings. The first-order valence-electron chi connectivity index (χ1n) is 15.3. The van der Waals surface area contributed by atoms with Crippen molar-refractivity contribution in [1.82, 2.24) is 0 Å². The first kappa shape index (κ1) is 33.2. The number of unbranched alkanes of at least 4 members (excludes halogenated alkanes) is 16. The third-order valence-electron chi connectivity index (χ3n) is 6.89. The largest absolute Gasteiger partial charge is 0.469 e. The second-order valence-corrected chi connectivity index (χ2v) is 10.3. The molecule has 0 fully saturated rings. The second-order valence-electron chi connectivity index (χ2n) is 10.3. The highest BCUT2D eigenvalue weighted by Crippen LogP contribution is 2.13. The predicted molar refractivity (Wildman–Crippen MR) is 159 cm³/mol. The van der Waals surface area contributed by atoms with Crippen LogP contribution in [0.2, 0.25) is 0 Å². The fourth-order valence-corrected chi connectivity index (χ4v) is 4.49. The van der Waals surface area contributed by atoms with Gasteiger partial charge in [-0.05, 0) is 37.7 Å². The Hall–Kier alpha value is -1.87. The summed E-state index contributed by atoms with van der Waals surface area (Å²) < 4.78 is 10.9. The van der Waals surface area contributed by atoms with Gasteiger partial charge in [0, 0.05) is 6.42 Å². The van der Waals surface area contributed by atoms with Crippen molar-refractivity contribution in [3.63, 3.8) is 0 Å². The molecule has 1 rings (SSSR count). The number of ether oxygens (including phenoxy) is 2. The lowest BCUT2D eigenvalue weighted by Crippen LogP contribution is -2.06. The lowest BCUT2D eigenvalue weighted by molar-refractivity contribution is -0.140. The zero-order valence-corrected chi connectivity index (χ0v) is 24.1. The number of benzene rings is 1. The molecule has 0 bridgehead atoms. The number of hydrogen-bond acceptors (Lipinski definition) is 3. The van der Waals surface area contributed by atoms with E-state index in [0.29, 0.717) is 13.0 Å². The van der Waals surface area contributed by atoms with Crippen molar-refractivity contribution >= 4 is 5.97 Å². The Balaban J connectivity index is 2.21. The van der Waals surface area contributed by atoms with Gasteiger partial charge in [-0.1, -0.05) is 145 Å². The van der Waals surface area contributed by atoms with Crippen LogP contribution in [0.3, 0.4) is 0 Å². The molecular formula is C34H56O3.